The van der Waals surface area contributed by atoms with Crippen LogP contribution in [0.2, 0.25) is 5.02 Å². The molecule has 2 rings (SSSR count). The molecule has 2 N–H and O–H groups in total. The molecular weight excluding hydrogens is 325 g/mol. The summed E-state index contributed by atoms with van der Waals surface area (Å²) < 4.78 is 14.0. The van der Waals surface area contributed by atoms with Gasteiger partial charge >= 0.3 is 5.97 Å². The molecule has 23 heavy (non-hydrogen) atoms. The summed E-state index contributed by atoms with van der Waals surface area (Å²) in [5.74, 6) is -2.98. The number of halogens is 2. The summed E-state index contributed by atoms with van der Waals surface area (Å²) in [7, 11) is 0. The van der Waals surface area contributed by atoms with Crippen LogP contribution in [0.1, 0.15) is 18.4 Å². The van der Waals surface area contributed by atoms with E-state index in [1.54, 1.807) is 18.2 Å². The Morgan fingerprint density at radius 1 is 1.39 bits per heavy atom. The molecule has 1 aromatic carbocycles. The molecule has 1 unspecified atom stereocenters. The smallest absolute Gasteiger partial charge is 0.304 e. The van der Waals surface area contributed by atoms with Crippen LogP contribution in [0.4, 0.5) is 4.39 Å². The van der Waals surface area contributed by atoms with Crippen molar-refractivity contribution in [2.75, 3.05) is 19.7 Å². The Balaban J connectivity index is 2.09. The van der Waals surface area contributed by atoms with Gasteiger partial charge in [-0.15, -0.1) is 0 Å². The van der Waals surface area contributed by atoms with Crippen LogP contribution in [0.25, 0.3) is 5.57 Å². The number of aliphatic hydroxyl groups is 1. The molecule has 0 radical (unpaired) electrons. The van der Waals surface area contributed by atoms with E-state index in [4.69, 9.17) is 16.7 Å². The highest BCUT2D eigenvalue weighted by molar-refractivity contribution is 6.30. The predicted octanol–water partition coefficient (Wildman–Crippen LogP) is 2.18. The van der Waals surface area contributed by atoms with E-state index in [2.05, 4.69) is 0 Å². The summed E-state index contributed by atoms with van der Waals surface area (Å²) in [5.41, 5.74) is 1.17. The zero-order valence-corrected chi connectivity index (χ0v) is 13.1. The van der Waals surface area contributed by atoms with Crippen molar-refractivity contribution in [3.63, 3.8) is 0 Å². The lowest BCUT2D eigenvalue weighted by Crippen LogP contribution is -2.40. The number of benzene rings is 1. The Kier molecular flexibility index (Phi) is 5.74. The Morgan fingerprint density at radius 2 is 2.13 bits per heavy atom. The lowest BCUT2D eigenvalue weighted by Gasteiger charge is -2.29. The van der Waals surface area contributed by atoms with Gasteiger partial charge in [-0.1, -0.05) is 29.8 Å². The molecule has 7 heteroatoms. The quantitative estimate of drug-likeness (QED) is 0.860. The third-order valence-corrected chi connectivity index (χ3v) is 4.10. The van der Waals surface area contributed by atoms with E-state index in [1.807, 2.05) is 0 Å². The molecule has 1 aliphatic rings. The Labute approximate surface area is 138 Å². The van der Waals surface area contributed by atoms with Crippen LogP contribution < -0.4 is 0 Å². The van der Waals surface area contributed by atoms with Gasteiger partial charge < -0.3 is 15.1 Å². The van der Waals surface area contributed by atoms with Gasteiger partial charge in [-0.25, -0.2) is 4.39 Å². The lowest BCUT2D eigenvalue weighted by atomic mass is 9.97. The van der Waals surface area contributed by atoms with Gasteiger partial charge in [0, 0.05) is 18.7 Å². The molecule has 1 aliphatic heterocycles. The maximum Gasteiger partial charge on any atom is 0.304 e. The number of rotatable bonds is 5. The van der Waals surface area contributed by atoms with E-state index in [0.29, 0.717) is 18.5 Å². The average molecular weight is 342 g/mol. The first-order valence-corrected chi connectivity index (χ1v) is 7.56. The molecule has 0 fully saturated rings. The number of hydrogen-bond donors (Lipinski definition) is 2. The summed E-state index contributed by atoms with van der Waals surface area (Å²) in [4.78, 5) is 24.4. The molecule has 1 aromatic rings. The Morgan fingerprint density at radius 3 is 2.70 bits per heavy atom. The Bertz CT molecular complexity index is 647. The van der Waals surface area contributed by atoms with Crippen molar-refractivity contribution in [1.82, 2.24) is 4.90 Å². The van der Waals surface area contributed by atoms with Crippen LogP contribution >= 0.6 is 11.6 Å². The zero-order chi connectivity index (χ0) is 17.0. The number of carboxylic acids is 1. The second kappa shape index (κ2) is 7.57. The normalized spacial score (nSPS) is 16.0. The largest absolute Gasteiger partial charge is 0.481 e. The fourth-order valence-electron chi connectivity index (χ4n) is 2.56. The number of amides is 1. The maximum atomic E-state index is 14.0. The van der Waals surface area contributed by atoms with Crippen LogP contribution in [0.15, 0.2) is 24.3 Å². The van der Waals surface area contributed by atoms with E-state index >= 15 is 0 Å². The topological polar surface area (TPSA) is 77.8 Å². The first-order chi connectivity index (χ1) is 10.9. The number of hydrogen-bond acceptors (Lipinski definition) is 3. The van der Waals surface area contributed by atoms with Crippen LogP contribution in [0.5, 0.6) is 0 Å². The molecule has 0 aliphatic carbocycles. The number of aliphatic hydroxyl groups excluding tert-OH is 1. The van der Waals surface area contributed by atoms with E-state index < -0.39 is 36.6 Å². The fourth-order valence-corrected chi connectivity index (χ4v) is 2.74. The van der Waals surface area contributed by atoms with E-state index in [1.165, 1.54) is 11.0 Å². The molecule has 1 amide bonds. The second-order valence-corrected chi connectivity index (χ2v) is 5.75. The standard InChI is InChI=1S/C16H17ClFNO4/c17-13-3-1-2-12(15(13)18)10-4-6-19(7-5-10)16(23)11(9-20)8-14(21)22/h1-4,11,20H,5-9H2,(H,21,22). The van der Waals surface area contributed by atoms with Crippen molar-refractivity contribution in [2.24, 2.45) is 5.92 Å². The number of aliphatic carboxylic acids is 1. The SMILES string of the molecule is O=C(O)CC(CO)C(=O)N1CC=C(c2cccc(Cl)c2F)CC1. The van der Waals surface area contributed by atoms with E-state index in [9.17, 15) is 19.1 Å². The zero-order valence-electron chi connectivity index (χ0n) is 12.3. The first kappa shape index (κ1) is 17.4. The summed E-state index contributed by atoms with van der Waals surface area (Å²) in [5, 5.41) is 18.0. The van der Waals surface area contributed by atoms with Crippen molar-refractivity contribution in [2.45, 2.75) is 12.8 Å². The summed E-state index contributed by atoms with van der Waals surface area (Å²) in [6.07, 6.45) is 1.75. The van der Waals surface area contributed by atoms with Gasteiger partial charge in [0.1, 0.15) is 5.82 Å². The third-order valence-electron chi connectivity index (χ3n) is 3.81. The molecule has 1 atom stereocenters. The van der Waals surface area contributed by atoms with Crippen molar-refractivity contribution < 1.29 is 24.2 Å². The molecule has 0 saturated heterocycles. The van der Waals surface area contributed by atoms with Gasteiger partial charge in [0.05, 0.1) is 24.0 Å². The molecule has 0 bridgehead atoms. The van der Waals surface area contributed by atoms with Crippen molar-refractivity contribution in [3.05, 3.63) is 40.7 Å². The van der Waals surface area contributed by atoms with Gasteiger partial charge in [-0.05, 0) is 18.1 Å². The van der Waals surface area contributed by atoms with Crippen molar-refractivity contribution in [1.29, 1.82) is 0 Å². The summed E-state index contributed by atoms with van der Waals surface area (Å²) in [6, 6.07) is 4.76. The minimum atomic E-state index is -1.13. The first-order valence-electron chi connectivity index (χ1n) is 7.19. The van der Waals surface area contributed by atoms with Crippen LogP contribution in [0.3, 0.4) is 0 Å². The number of carbonyl (C=O) groups is 2. The average Bonchev–Trinajstić information content (AvgIpc) is 2.54. The Hall–Kier alpha value is -1.92. The highest BCUT2D eigenvalue weighted by Crippen LogP contribution is 2.28. The summed E-state index contributed by atoms with van der Waals surface area (Å²) in [6.45, 7) is 0.0735. The minimum Gasteiger partial charge on any atom is -0.481 e. The highest BCUT2D eigenvalue weighted by atomic mass is 35.5. The van der Waals surface area contributed by atoms with E-state index in [-0.39, 0.29) is 11.6 Å². The second-order valence-electron chi connectivity index (χ2n) is 5.34. The van der Waals surface area contributed by atoms with Gasteiger partial charge in [-0.2, -0.15) is 0 Å². The van der Waals surface area contributed by atoms with Crippen LogP contribution in [-0.2, 0) is 9.59 Å². The van der Waals surface area contributed by atoms with Crippen molar-refractivity contribution in [3.8, 4) is 0 Å². The molecule has 0 aromatic heterocycles. The van der Waals surface area contributed by atoms with Gasteiger partial charge in [0.25, 0.3) is 0 Å². The maximum absolute atomic E-state index is 14.0. The minimum absolute atomic E-state index is 0.0451. The summed E-state index contributed by atoms with van der Waals surface area (Å²) >= 11 is 5.77. The molecule has 1 heterocycles. The van der Waals surface area contributed by atoms with Crippen LogP contribution in [0, 0.1) is 11.7 Å². The number of carboxylic acid groups (broad SMARTS) is 1. The number of carbonyl (C=O) groups excluding carboxylic acids is 1. The van der Waals surface area contributed by atoms with Crippen LogP contribution in [-0.4, -0.2) is 46.7 Å². The molecule has 5 nitrogen and oxygen atoms in total. The molecule has 0 saturated carbocycles. The van der Waals surface area contributed by atoms with E-state index in [0.717, 1.165) is 5.57 Å². The monoisotopic (exact) mass is 341 g/mol. The fraction of sp³-hybridized carbons (Fsp3) is 0.375. The van der Waals surface area contributed by atoms with Gasteiger partial charge in [-0.3, -0.25) is 9.59 Å². The predicted molar refractivity (Wildman–Crippen MR) is 83.4 cm³/mol. The van der Waals surface area contributed by atoms with Crippen molar-refractivity contribution >= 4 is 29.1 Å². The number of nitrogens with zero attached hydrogens (tertiary/aromatic N) is 1. The molecule has 0 spiro atoms. The lowest BCUT2D eigenvalue weighted by molar-refractivity contribution is -0.145. The third kappa shape index (κ3) is 4.09. The molecular formula is C16H17ClFNO4. The van der Waals surface area contributed by atoms with Gasteiger partial charge in [0.2, 0.25) is 5.91 Å². The van der Waals surface area contributed by atoms with Gasteiger partial charge in [0.15, 0.2) is 0 Å². The molecule has 124 valence electrons. The highest BCUT2D eigenvalue weighted by Gasteiger charge is 2.27.